The topological polar surface area (TPSA) is 0 Å². The van der Waals surface area contributed by atoms with Crippen molar-refractivity contribution in [3.05, 3.63) is 95.2 Å². The quantitative estimate of drug-likeness (QED) is 0.281. The van der Waals surface area contributed by atoms with Gasteiger partial charge < -0.3 is 34.0 Å². The van der Waals surface area contributed by atoms with Crippen LogP contribution in [-0.4, -0.2) is 12.4 Å². The molecule has 4 aliphatic carbocycles. The molecule has 4 aliphatic rings. The van der Waals surface area contributed by atoms with Crippen molar-refractivity contribution in [3.63, 3.8) is 0 Å². The molecule has 0 unspecified atom stereocenters. The molecular weight excluding hydrogens is 744 g/mol. The van der Waals surface area contributed by atoms with E-state index in [9.17, 15) is 0 Å². The van der Waals surface area contributed by atoms with E-state index in [1.165, 1.54) is 22.3 Å². The van der Waals surface area contributed by atoms with Crippen molar-refractivity contribution < 1.29 is 72.3 Å². The van der Waals surface area contributed by atoms with Crippen LogP contribution < -0.4 is 34.0 Å². The Morgan fingerprint density at radius 2 is 0.595 bits per heavy atom. The molecule has 0 aromatic heterocycles. The minimum Gasteiger partial charge on any atom is -1.00 e. The molecule has 0 nitrogen and oxygen atoms in total. The maximum atomic E-state index is 3.26. The molecule has 0 saturated heterocycles. The van der Waals surface area contributed by atoms with Gasteiger partial charge in [-0.25, -0.2) is 46.6 Å². The van der Waals surface area contributed by atoms with Crippen molar-refractivity contribution in [3.8, 4) is 0 Å². The van der Waals surface area contributed by atoms with E-state index in [0.717, 1.165) is 25.7 Å². The zero-order valence-electron chi connectivity index (χ0n) is 28.5. The van der Waals surface area contributed by atoms with Crippen molar-refractivity contribution in [1.82, 2.24) is 0 Å². The average Bonchev–Trinajstić information content (AvgIpc) is 3.68. The first-order chi connectivity index (χ1) is 18.7. The molecule has 4 rings (SSSR count). The van der Waals surface area contributed by atoms with Gasteiger partial charge in [0.1, 0.15) is 0 Å². The van der Waals surface area contributed by atoms with E-state index in [1.54, 1.807) is 0 Å². The summed E-state index contributed by atoms with van der Waals surface area (Å²) in [5.41, 5.74) is 5.46. The van der Waals surface area contributed by atoms with Gasteiger partial charge in [0.25, 0.3) is 0 Å². The monoisotopic (exact) mass is 798 g/mol. The van der Waals surface area contributed by atoms with E-state index < -0.39 is 0 Å². The van der Waals surface area contributed by atoms with E-state index in [1.807, 2.05) is 0 Å². The fourth-order valence-electron chi connectivity index (χ4n) is 3.27. The van der Waals surface area contributed by atoms with Crippen LogP contribution in [0.4, 0.5) is 0 Å². The largest absolute Gasteiger partial charge is 1.00 e. The van der Waals surface area contributed by atoms with E-state index in [0.29, 0.717) is 23.7 Å². The Labute approximate surface area is 307 Å². The smallest absolute Gasteiger partial charge is 1.00 e. The van der Waals surface area contributed by atoms with Crippen LogP contribution in [0, 0.1) is 48.0 Å². The average molecular weight is 801 g/mol. The number of hydrogen-bond donors (Lipinski definition) is 0. The first-order valence-corrected chi connectivity index (χ1v) is 24.5. The van der Waals surface area contributed by atoms with Gasteiger partial charge in [0, 0.05) is 0 Å². The van der Waals surface area contributed by atoms with E-state index in [-0.39, 0.29) is 46.3 Å². The van der Waals surface area contributed by atoms with E-state index >= 15 is 0 Å². The van der Waals surface area contributed by atoms with Gasteiger partial charge in [-0.2, -0.15) is 24.3 Å². The molecule has 232 valence electrons. The summed E-state index contributed by atoms with van der Waals surface area (Å²) in [5.74, 6) is 2.64. The summed E-state index contributed by atoms with van der Waals surface area (Å²) in [6, 6.07) is 0. The summed E-state index contributed by atoms with van der Waals surface area (Å²) in [4.78, 5) is 0. The molecule has 0 aliphatic heterocycles. The first-order valence-electron chi connectivity index (χ1n) is 14.8. The van der Waals surface area contributed by atoms with E-state index in [2.05, 4.69) is 193 Å². The Morgan fingerprint density at radius 3 is 0.643 bits per heavy atom. The molecule has 0 saturated carbocycles. The van der Waals surface area contributed by atoms with Gasteiger partial charge in [0.05, 0.1) is 0 Å². The van der Waals surface area contributed by atoms with E-state index in [4.69, 9.17) is 0 Å². The first kappa shape index (κ1) is 49.6. The summed E-state index contributed by atoms with van der Waals surface area (Å²) < 4.78 is 0. The van der Waals surface area contributed by atoms with Crippen molar-refractivity contribution in [1.29, 1.82) is 0 Å². The molecule has 0 amide bonds. The second-order valence-electron chi connectivity index (χ2n) is 11.6. The molecule has 0 fully saturated rings. The Kier molecular flexibility index (Phi) is 37.5. The number of halogens is 2. The molecule has 0 bridgehead atoms. The van der Waals surface area contributed by atoms with Crippen molar-refractivity contribution in [2.24, 2.45) is 23.7 Å². The van der Waals surface area contributed by atoms with Crippen LogP contribution in [0.2, 0.25) is 26.2 Å². The molecule has 0 radical (unpaired) electrons. The summed E-state index contributed by atoms with van der Waals surface area (Å²) in [7, 11) is 0. The Balaban J connectivity index is -0.000000209. The summed E-state index contributed by atoms with van der Waals surface area (Å²) in [5, 5.41) is 0. The Hall–Kier alpha value is 0.742. The van der Waals surface area contributed by atoms with Gasteiger partial charge in [-0.3, -0.25) is 24.3 Å². The predicted octanol–water partition coefficient (Wildman–Crippen LogP) is 4.90. The molecule has 0 aromatic carbocycles. The third kappa shape index (κ3) is 32.1. The third-order valence-corrected chi connectivity index (χ3v) is 5.37. The Morgan fingerprint density at radius 1 is 0.452 bits per heavy atom. The normalized spacial score (nSPS) is 14.8. The van der Waals surface area contributed by atoms with Crippen molar-refractivity contribution in [2.45, 2.75) is 107 Å². The zero-order valence-corrected chi connectivity index (χ0v) is 36.8. The second-order valence-corrected chi connectivity index (χ2v) is 24.9. The van der Waals surface area contributed by atoms with Crippen LogP contribution in [0.5, 0.6) is 0 Å². The van der Waals surface area contributed by atoms with Crippen LogP contribution in [-0.2, 0) is 38.3 Å². The maximum Gasteiger partial charge on any atom is -1.00 e. The van der Waals surface area contributed by atoms with Crippen LogP contribution >= 0.6 is 0 Å². The zero-order chi connectivity index (χ0) is 31.1. The fraction of sp³-hybridized carbons (Fsp3) is 0.556. The number of hydrogen-bond acceptors (Lipinski definition) is 0. The van der Waals surface area contributed by atoms with Gasteiger partial charge in [-0.1, -0.05) is 79.1 Å². The minimum atomic E-state index is 0. The molecule has 0 heterocycles. The summed E-state index contributed by atoms with van der Waals surface area (Å²) in [6.07, 6.45) is 34.6. The van der Waals surface area contributed by atoms with Gasteiger partial charge in [-0.05, 0) is 0 Å². The second kappa shape index (κ2) is 31.7. The molecular formula is C36H56Br2Si2Ti2-2. The maximum absolute atomic E-state index is 3.26. The van der Waals surface area contributed by atoms with Crippen LogP contribution in [0.3, 0.4) is 0 Å². The predicted molar refractivity (Wildman–Crippen MR) is 176 cm³/mol. The number of rotatable bonds is 4. The number of allylic oxidation sites excluding steroid dienone is 16. The van der Waals surface area contributed by atoms with Gasteiger partial charge in [-0.15, -0.1) is 25.7 Å². The standard InChI is InChI=1S/4C8H11.2C2H6Si.2BrH.2Ti/c4*1-7(2)8-5-3-4-6-8;2*1-3-2;;;;/h4*3,5,7H,4H2,1-2H3;2*1-2H3;2*1H;;/q4*-1;;;;;2*+2/p-2. The SMILES string of the molecule is CC(C)C1=[C-]CC=C1.CC(C)C1=[C-]CC=C1.CC(C)C1=[C-]CC=C1.CC(C)C1=[C-]CC=C1.C[Si](C)=[Ti+2].C[Si](C)=[Ti+2].[Br-].[Br-]. The summed E-state index contributed by atoms with van der Waals surface area (Å²) >= 11 is 4.54. The van der Waals surface area contributed by atoms with Gasteiger partial charge in [0.2, 0.25) is 0 Å². The van der Waals surface area contributed by atoms with Gasteiger partial charge in [0.15, 0.2) is 0 Å². The molecule has 0 atom stereocenters. The molecule has 42 heavy (non-hydrogen) atoms. The molecule has 0 aromatic rings. The van der Waals surface area contributed by atoms with Crippen molar-refractivity contribution >= 4 is 12.4 Å². The van der Waals surface area contributed by atoms with Crippen LogP contribution in [0.1, 0.15) is 81.1 Å². The third-order valence-electron chi connectivity index (χ3n) is 5.37. The summed E-state index contributed by atoms with van der Waals surface area (Å²) in [6.45, 7) is 26.6. The Bertz CT molecular complexity index is 834. The minimum absolute atomic E-state index is 0. The molecule has 0 spiro atoms. The van der Waals surface area contributed by atoms with Crippen LogP contribution in [0.25, 0.3) is 0 Å². The molecule has 6 heteroatoms. The van der Waals surface area contributed by atoms with Crippen LogP contribution in [0.15, 0.2) is 70.9 Å². The molecule has 0 N–H and O–H groups in total. The van der Waals surface area contributed by atoms with Gasteiger partial charge >= 0.3 is 76.9 Å². The fourth-order valence-corrected chi connectivity index (χ4v) is 3.27. The van der Waals surface area contributed by atoms with Crippen molar-refractivity contribution in [2.75, 3.05) is 0 Å².